The summed E-state index contributed by atoms with van der Waals surface area (Å²) in [5, 5.41) is 11.8. The van der Waals surface area contributed by atoms with Crippen molar-refractivity contribution in [2.45, 2.75) is 33.4 Å². The number of nitrogens with zero attached hydrogens (tertiary/aromatic N) is 3. The standard InChI is InChI=1S/C19H28ClN5O.HI/c1-6-21-19(22-11-17-13(2)24-25(4)14(17)3)23-12-18(26-5)15-8-7-9-16(20)10-15;/h7-10,18H,6,11-12H2,1-5H3,(H2,21,22,23);1H. The fourth-order valence-corrected chi connectivity index (χ4v) is 2.98. The van der Waals surface area contributed by atoms with Crippen LogP contribution in [0.25, 0.3) is 0 Å². The number of aromatic nitrogens is 2. The first-order valence-electron chi connectivity index (χ1n) is 8.75. The first-order chi connectivity index (χ1) is 12.5. The monoisotopic (exact) mass is 505 g/mol. The molecule has 2 N–H and O–H groups in total. The number of guanidine groups is 1. The quantitative estimate of drug-likeness (QED) is 0.342. The first-order valence-corrected chi connectivity index (χ1v) is 9.13. The molecule has 0 amide bonds. The predicted molar refractivity (Wildman–Crippen MR) is 122 cm³/mol. The molecule has 0 radical (unpaired) electrons. The Bertz CT molecular complexity index is 763. The molecule has 8 heteroatoms. The largest absolute Gasteiger partial charge is 0.375 e. The van der Waals surface area contributed by atoms with Gasteiger partial charge in [0.25, 0.3) is 0 Å². The van der Waals surface area contributed by atoms with Gasteiger partial charge in [-0.2, -0.15) is 5.10 Å². The van der Waals surface area contributed by atoms with Gasteiger partial charge in [-0.05, 0) is 38.5 Å². The lowest BCUT2D eigenvalue weighted by Gasteiger charge is -2.19. The van der Waals surface area contributed by atoms with Gasteiger partial charge in [0.1, 0.15) is 0 Å². The molecule has 0 saturated carbocycles. The van der Waals surface area contributed by atoms with Crippen LogP contribution < -0.4 is 10.6 Å². The van der Waals surface area contributed by atoms with Gasteiger partial charge >= 0.3 is 0 Å². The lowest BCUT2D eigenvalue weighted by Crippen LogP contribution is -2.39. The van der Waals surface area contributed by atoms with Gasteiger partial charge in [-0.3, -0.25) is 4.68 Å². The van der Waals surface area contributed by atoms with Crippen molar-refractivity contribution in [2.75, 3.05) is 20.2 Å². The summed E-state index contributed by atoms with van der Waals surface area (Å²) in [7, 11) is 3.65. The van der Waals surface area contributed by atoms with Gasteiger partial charge in [0.15, 0.2) is 5.96 Å². The maximum atomic E-state index is 6.09. The van der Waals surface area contributed by atoms with E-state index >= 15 is 0 Å². The number of aryl methyl sites for hydroxylation is 2. The lowest BCUT2D eigenvalue weighted by atomic mass is 10.1. The van der Waals surface area contributed by atoms with Crippen molar-refractivity contribution in [3.05, 3.63) is 51.8 Å². The molecule has 2 rings (SSSR count). The van der Waals surface area contributed by atoms with Crippen molar-refractivity contribution in [3.63, 3.8) is 0 Å². The Morgan fingerprint density at radius 2 is 2.07 bits per heavy atom. The summed E-state index contributed by atoms with van der Waals surface area (Å²) < 4.78 is 7.50. The second-order valence-corrected chi connectivity index (χ2v) is 6.56. The molecular formula is C19H29ClIN5O. The number of hydrogen-bond donors (Lipinski definition) is 2. The summed E-state index contributed by atoms with van der Waals surface area (Å²) in [6, 6.07) is 7.71. The molecule has 150 valence electrons. The van der Waals surface area contributed by atoms with Crippen molar-refractivity contribution < 1.29 is 4.74 Å². The molecule has 6 nitrogen and oxygen atoms in total. The van der Waals surface area contributed by atoms with Gasteiger partial charge in [-0.15, -0.1) is 24.0 Å². The Labute approximate surface area is 183 Å². The highest BCUT2D eigenvalue weighted by Crippen LogP contribution is 2.19. The maximum Gasteiger partial charge on any atom is 0.191 e. The van der Waals surface area contributed by atoms with Crippen molar-refractivity contribution in [1.82, 2.24) is 20.4 Å². The Morgan fingerprint density at radius 3 is 2.63 bits per heavy atom. The van der Waals surface area contributed by atoms with E-state index in [1.165, 1.54) is 0 Å². The van der Waals surface area contributed by atoms with Crippen LogP contribution >= 0.6 is 35.6 Å². The highest BCUT2D eigenvalue weighted by Gasteiger charge is 2.13. The number of halogens is 2. The van der Waals surface area contributed by atoms with E-state index in [9.17, 15) is 0 Å². The molecule has 0 aliphatic heterocycles. The molecule has 1 atom stereocenters. The minimum atomic E-state index is -0.112. The Balaban J connectivity index is 0.00000364. The van der Waals surface area contributed by atoms with E-state index < -0.39 is 0 Å². The van der Waals surface area contributed by atoms with E-state index in [1.807, 2.05) is 49.8 Å². The maximum absolute atomic E-state index is 6.09. The van der Waals surface area contributed by atoms with Gasteiger partial charge in [-0.1, -0.05) is 23.7 Å². The third kappa shape index (κ3) is 6.65. The van der Waals surface area contributed by atoms with Crippen LogP contribution in [0.3, 0.4) is 0 Å². The van der Waals surface area contributed by atoms with Crippen LogP contribution in [-0.2, 0) is 18.3 Å². The van der Waals surface area contributed by atoms with E-state index in [4.69, 9.17) is 21.3 Å². The lowest BCUT2D eigenvalue weighted by molar-refractivity contribution is 0.106. The molecule has 27 heavy (non-hydrogen) atoms. The van der Waals surface area contributed by atoms with E-state index in [0.717, 1.165) is 35.0 Å². The van der Waals surface area contributed by atoms with Crippen molar-refractivity contribution in [1.29, 1.82) is 0 Å². The molecule has 0 aliphatic carbocycles. The topological polar surface area (TPSA) is 63.5 Å². The van der Waals surface area contributed by atoms with Crippen LogP contribution in [0.1, 0.15) is 35.5 Å². The highest BCUT2D eigenvalue weighted by atomic mass is 127. The van der Waals surface area contributed by atoms with Crippen LogP contribution in [0, 0.1) is 13.8 Å². The van der Waals surface area contributed by atoms with Gasteiger partial charge in [0.05, 0.1) is 18.3 Å². The molecule has 0 saturated heterocycles. The number of hydrogen-bond acceptors (Lipinski definition) is 3. The van der Waals surface area contributed by atoms with E-state index in [-0.39, 0.29) is 30.1 Å². The Hall–Kier alpha value is -1.32. The van der Waals surface area contributed by atoms with Crippen molar-refractivity contribution >= 4 is 41.5 Å². The zero-order chi connectivity index (χ0) is 19.1. The van der Waals surface area contributed by atoms with Gasteiger partial charge in [0, 0.05) is 43.5 Å². The van der Waals surface area contributed by atoms with E-state index in [2.05, 4.69) is 22.7 Å². The SMILES string of the molecule is CCNC(=NCc1c(C)nn(C)c1C)NCC(OC)c1cccc(Cl)c1.I. The van der Waals surface area contributed by atoms with Gasteiger partial charge in [-0.25, -0.2) is 4.99 Å². The minimum absolute atomic E-state index is 0. The van der Waals surface area contributed by atoms with Crippen molar-refractivity contribution in [2.24, 2.45) is 12.0 Å². The zero-order valence-electron chi connectivity index (χ0n) is 16.5. The smallest absolute Gasteiger partial charge is 0.191 e. The van der Waals surface area contributed by atoms with E-state index in [0.29, 0.717) is 18.1 Å². The highest BCUT2D eigenvalue weighted by molar-refractivity contribution is 14.0. The second-order valence-electron chi connectivity index (χ2n) is 6.13. The number of rotatable bonds is 7. The van der Waals surface area contributed by atoms with Crippen LogP contribution in [0.5, 0.6) is 0 Å². The average molecular weight is 506 g/mol. The molecule has 0 fully saturated rings. The van der Waals surface area contributed by atoms with Crippen molar-refractivity contribution in [3.8, 4) is 0 Å². The molecule has 1 heterocycles. The second kappa shape index (κ2) is 11.5. The molecule has 0 aliphatic rings. The van der Waals surface area contributed by atoms with Crippen LogP contribution in [0.2, 0.25) is 5.02 Å². The third-order valence-electron chi connectivity index (χ3n) is 4.36. The number of methoxy groups -OCH3 is 1. The molecular weight excluding hydrogens is 477 g/mol. The molecule has 0 spiro atoms. The van der Waals surface area contributed by atoms with Crippen LogP contribution in [0.15, 0.2) is 29.3 Å². The molecule has 1 unspecified atom stereocenters. The molecule has 2 aromatic rings. The summed E-state index contributed by atoms with van der Waals surface area (Å²) in [5.41, 5.74) is 4.33. The Kier molecular flexibility index (Phi) is 10.1. The van der Waals surface area contributed by atoms with E-state index in [1.54, 1.807) is 7.11 Å². The number of aliphatic imine (C=N–C) groups is 1. The fourth-order valence-electron chi connectivity index (χ4n) is 2.78. The first kappa shape index (κ1) is 23.7. The molecule has 1 aromatic heterocycles. The summed E-state index contributed by atoms with van der Waals surface area (Å²) in [5.74, 6) is 0.749. The average Bonchev–Trinajstić information content (AvgIpc) is 2.85. The predicted octanol–water partition coefficient (Wildman–Crippen LogP) is 3.75. The third-order valence-corrected chi connectivity index (χ3v) is 4.59. The van der Waals surface area contributed by atoms with Crippen LogP contribution in [0.4, 0.5) is 0 Å². The summed E-state index contributed by atoms with van der Waals surface area (Å²) in [6.07, 6.45) is -0.112. The number of ether oxygens (including phenoxy) is 1. The molecule has 0 bridgehead atoms. The zero-order valence-corrected chi connectivity index (χ0v) is 19.6. The Morgan fingerprint density at radius 1 is 1.33 bits per heavy atom. The number of benzene rings is 1. The minimum Gasteiger partial charge on any atom is -0.375 e. The number of nitrogens with one attached hydrogen (secondary N) is 2. The van der Waals surface area contributed by atoms with Crippen LogP contribution in [-0.4, -0.2) is 35.9 Å². The molecule has 1 aromatic carbocycles. The normalized spacial score (nSPS) is 12.4. The summed E-state index contributed by atoms with van der Waals surface area (Å²) >= 11 is 6.09. The van der Waals surface area contributed by atoms with Gasteiger partial charge in [0.2, 0.25) is 0 Å². The summed E-state index contributed by atoms with van der Waals surface area (Å²) in [4.78, 5) is 4.70. The van der Waals surface area contributed by atoms with Gasteiger partial charge < -0.3 is 15.4 Å². The fraction of sp³-hybridized carbons (Fsp3) is 0.474. The summed E-state index contributed by atoms with van der Waals surface area (Å²) in [6.45, 7) is 8.07.